The third-order valence-electron chi connectivity index (χ3n) is 3.94. The number of benzene rings is 1. The number of nitrogens with one attached hydrogen (secondary N) is 1. The number of ether oxygens (including phenoxy) is 1. The van der Waals surface area contributed by atoms with Crippen LogP contribution >= 0.6 is 0 Å². The van der Waals surface area contributed by atoms with Gasteiger partial charge in [0.2, 0.25) is 5.91 Å². The van der Waals surface area contributed by atoms with Crippen molar-refractivity contribution in [2.75, 3.05) is 19.7 Å². The molecule has 24 heavy (non-hydrogen) atoms. The number of likely N-dealkylation sites (tertiary alicyclic amines) is 1. The summed E-state index contributed by atoms with van der Waals surface area (Å²) in [4.78, 5) is 36.9. The Morgan fingerprint density at radius 1 is 1.33 bits per heavy atom. The van der Waals surface area contributed by atoms with Gasteiger partial charge in [-0.25, -0.2) is 0 Å². The van der Waals surface area contributed by atoms with E-state index in [1.54, 1.807) is 29.2 Å². The van der Waals surface area contributed by atoms with Gasteiger partial charge in [-0.2, -0.15) is 0 Å². The molecular formula is C17H22N2O5. The molecule has 0 spiro atoms. The van der Waals surface area contributed by atoms with E-state index in [2.05, 4.69) is 5.32 Å². The van der Waals surface area contributed by atoms with Crippen LogP contribution in [-0.4, -0.2) is 53.5 Å². The number of para-hydroxylation sites is 1. The molecular weight excluding hydrogens is 312 g/mol. The Kier molecular flexibility index (Phi) is 6.17. The van der Waals surface area contributed by atoms with E-state index in [4.69, 9.17) is 9.84 Å². The molecule has 1 aliphatic heterocycles. The smallest absolute Gasteiger partial charge is 0.305 e. The van der Waals surface area contributed by atoms with Crippen molar-refractivity contribution >= 4 is 17.8 Å². The highest BCUT2D eigenvalue weighted by Gasteiger charge is 2.30. The fourth-order valence-electron chi connectivity index (χ4n) is 2.87. The average Bonchev–Trinajstić information content (AvgIpc) is 3.00. The second-order valence-electron chi connectivity index (χ2n) is 5.59. The van der Waals surface area contributed by atoms with Crippen LogP contribution in [0.1, 0.15) is 36.5 Å². The molecule has 2 rings (SSSR count). The molecule has 2 amide bonds. The minimum absolute atomic E-state index is 0.0626. The van der Waals surface area contributed by atoms with Gasteiger partial charge >= 0.3 is 5.97 Å². The lowest BCUT2D eigenvalue weighted by Crippen LogP contribution is -2.43. The van der Waals surface area contributed by atoms with Gasteiger partial charge in [0.25, 0.3) is 5.91 Å². The Morgan fingerprint density at radius 2 is 2.08 bits per heavy atom. The largest absolute Gasteiger partial charge is 0.493 e. The molecule has 1 aromatic carbocycles. The second kappa shape index (κ2) is 8.33. The SMILES string of the molecule is CCOc1ccccc1C(=O)NCC(=O)N1CCCC1CC(=O)O. The number of hydrogen-bond acceptors (Lipinski definition) is 4. The van der Waals surface area contributed by atoms with E-state index >= 15 is 0 Å². The number of hydrogen-bond donors (Lipinski definition) is 2. The summed E-state index contributed by atoms with van der Waals surface area (Å²) in [5, 5.41) is 11.5. The second-order valence-corrected chi connectivity index (χ2v) is 5.59. The van der Waals surface area contributed by atoms with E-state index in [1.165, 1.54) is 0 Å². The van der Waals surface area contributed by atoms with Crippen LogP contribution in [-0.2, 0) is 9.59 Å². The maximum absolute atomic E-state index is 12.3. The Morgan fingerprint density at radius 3 is 2.79 bits per heavy atom. The lowest BCUT2D eigenvalue weighted by molar-refractivity contribution is -0.139. The predicted molar refractivity (Wildman–Crippen MR) is 86.9 cm³/mol. The van der Waals surface area contributed by atoms with Crippen molar-refractivity contribution in [3.8, 4) is 5.75 Å². The lowest BCUT2D eigenvalue weighted by atomic mass is 10.1. The highest BCUT2D eigenvalue weighted by Crippen LogP contribution is 2.20. The summed E-state index contributed by atoms with van der Waals surface area (Å²) >= 11 is 0. The van der Waals surface area contributed by atoms with Gasteiger partial charge in [0.1, 0.15) is 5.75 Å². The predicted octanol–water partition coefficient (Wildman–Crippen LogP) is 1.28. The topological polar surface area (TPSA) is 95.9 Å². The molecule has 7 nitrogen and oxygen atoms in total. The van der Waals surface area contributed by atoms with E-state index in [-0.39, 0.29) is 30.8 Å². The molecule has 7 heteroatoms. The van der Waals surface area contributed by atoms with Crippen molar-refractivity contribution in [1.82, 2.24) is 10.2 Å². The van der Waals surface area contributed by atoms with Crippen molar-refractivity contribution in [1.29, 1.82) is 0 Å². The molecule has 1 fully saturated rings. The average molecular weight is 334 g/mol. The van der Waals surface area contributed by atoms with Crippen LogP contribution in [0.5, 0.6) is 5.75 Å². The maximum Gasteiger partial charge on any atom is 0.305 e. The fraction of sp³-hybridized carbons (Fsp3) is 0.471. The van der Waals surface area contributed by atoms with E-state index in [9.17, 15) is 14.4 Å². The van der Waals surface area contributed by atoms with Gasteiger partial charge in [-0.3, -0.25) is 14.4 Å². The number of carboxylic acids is 1. The zero-order valence-corrected chi connectivity index (χ0v) is 13.7. The van der Waals surface area contributed by atoms with Crippen LogP contribution in [0.15, 0.2) is 24.3 Å². The van der Waals surface area contributed by atoms with Gasteiger partial charge < -0.3 is 20.1 Å². The molecule has 1 atom stereocenters. The van der Waals surface area contributed by atoms with Gasteiger partial charge in [0.05, 0.1) is 25.1 Å². The van der Waals surface area contributed by atoms with Crippen molar-refractivity contribution in [3.63, 3.8) is 0 Å². The molecule has 0 aromatic heterocycles. The number of carboxylic acid groups (broad SMARTS) is 1. The van der Waals surface area contributed by atoms with Gasteiger partial charge in [-0.1, -0.05) is 12.1 Å². The third kappa shape index (κ3) is 4.47. The minimum atomic E-state index is -0.922. The monoisotopic (exact) mass is 334 g/mol. The Balaban J connectivity index is 1.94. The summed E-state index contributed by atoms with van der Waals surface area (Å²) < 4.78 is 5.40. The van der Waals surface area contributed by atoms with Crippen LogP contribution in [0, 0.1) is 0 Å². The van der Waals surface area contributed by atoms with Gasteiger partial charge in [-0.05, 0) is 31.9 Å². The molecule has 0 radical (unpaired) electrons. The number of amides is 2. The highest BCUT2D eigenvalue weighted by atomic mass is 16.5. The van der Waals surface area contributed by atoms with Crippen molar-refractivity contribution < 1.29 is 24.2 Å². The summed E-state index contributed by atoms with van der Waals surface area (Å²) in [7, 11) is 0. The zero-order chi connectivity index (χ0) is 17.5. The standard InChI is InChI=1S/C17H22N2O5/c1-2-24-14-8-4-3-7-13(14)17(23)18-11-15(20)19-9-5-6-12(19)10-16(21)22/h3-4,7-8,12H,2,5-6,9-11H2,1H3,(H,18,23)(H,21,22). The molecule has 1 heterocycles. The maximum atomic E-state index is 12.3. The van der Waals surface area contributed by atoms with Crippen LogP contribution < -0.4 is 10.1 Å². The molecule has 130 valence electrons. The third-order valence-corrected chi connectivity index (χ3v) is 3.94. The summed E-state index contributed by atoms with van der Waals surface area (Å²) in [5.41, 5.74) is 0.371. The number of aliphatic carboxylic acids is 1. The Labute approximate surface area is 140 Å². The van der Waals surface area contributed by atoms with E-state index in [0.717, 1.165) is 6.42 Å². The van der Waals surface area contributed by atoms with Crippen LogP contribution in [0.25, 0.3) is 0 Å². The number of carbonyl (C=O) groups excluding carboxylic acids is 2. The fourth-order valence-corrected chi connectivity index (χ4v) is 2.87. The van der Waals surface area contributed by atoms with Gasteiger partial charge in [-0.15, -0.1) is 0 Å². The summed E-state index contributed by atoms with van der Waals surface area (Å²) in [6.07, 6.45) is 1.40. The Hall–Kier alpha value is -2.57. The molecule has 0 bridgehead atoms. The molecule has 2 N–H and O–H groups in total. The normalized spacial score (nSPS) is 16.7. The first kappa shape index (κ1) is 17.8. The van der Waals surface area contributed by atoms with E-state index in [1.807, 2.05) is 6.92 Å². The minimum Gasteiger partial charge on any atom is -0.493 e. The number of carbonyl (C=O) groups is 3. The summed E-state index contributed by atoms with van der Waals surface area (Å²) in [6, 6.07) is 6.54. The van der Waals surface area contributed by atoms with Crippen LogP contribution in [0.3, 0.4) is 0 Å². The van der Waals surface area contributed by atoms with Crippen molar-refractivity contribution in [3.05, 3.63) is 29.8 Å². The summed E-state index contributed by atoms with van der Waals surface area (Å²) in [5.74, 6) is -1.10. The van der Waals surface area contributed by atoms with Crippen LogP contribution in [0.4, 0.5) is 0 Å². The quantitative estimate of drug-likeness (QED) is 0.783. The molecule has 1 aromatic rings. The molecule has 1 saturated heterocycles. The summed E-state index contributed by atoms with van der Waals surface area (Å²) in [6.45, 7) is 2.64. The lowest BCUT2D eigenvalue weighted by Gasteiger charge is -2.23. The van der Waals surface area contributed by atoms with E-state index in [0.29, 0.717) is 30.9 Å². The van der Waals surface area contributed by atoms with Gasteiger partial charge in [0, 0.05) is 12.6 Å². The molecule has 0 saturated carbocycles. The Bertz CT molecular complexity index is 617. The van der Waals surface area contributed by atoms with Crippen molar-refractivity contribution in [2.45, 2.75) is 32.2 Å². The molecule has 0 aliphatic carbocycles. The van der Waals surface area contributed by atoms with E-state index < -0.39 is 5.97 Å². The number of rotatable bonds is 7. The zero-order valence-electron chi connectivity index (χ0n) is 13.7. The van der Waals surface area contributed by atoms with Crippen molar-refractivity contribution in [2.24, 2.45) is 0 Å². The first-order valence-electron chi connectivity index (χ1n) is 8.04. The molecule has 1 aliphatic rings. The van der Waals surface area contributed by atoms with Gasteiger partial charge in [0.15, 0.2) is 0 Å². The highest BCUT2D eigenvalue weighted by molar-refractivity contribution is 5.98. The van der Waals surface area contributed by atoms with Crippen LogP contribution in [0.2, 0.25) is 0 Å². The molecule has 1 unspecified atom stereocenters. The first-order valence-corrected chi connectivity index (χ1v) is 8.04. The number of nitrogens with zero attached hydrogens (tertiary/aromatic N) is 1. The first-order chi connectivity index (χ1) is 11.5.